The van der Waals surface area contributed by atoms with Gasteiger partial charge < -0.3 is 5.32 Å². The van der Waals surface area contributed by atoms with Crippen molar-refractivity contribution in [3.05, 3.63) is 0 Å². The number of amides is 1. The third kappa shape index (κ3) is 4.21. The summed E-state index contributed by atoms with van der Waals surface area (Å²) in [4.78, 5) is 14.7. The Labute approximate surface area is 129 Å². The van der Waals surface area contributed by atoms with Gasteiger partial charge in [-0.15, -0.1) is 0 Å². The summed E-state index contributed by atoms with van der Waals surface area (Å²) in [6.07, 6.45) is 8.29. The van der Waals surface area contributed by atoms with E-state index in [9.17, 15) is 4.79 Å². The molecule has 3 atom stereocenters. The largest absolute Gasteiger partial charge is 0.352 e. The highest BCUT2D eigenvalue weighted by atomic mass is 16.1. The number of carbonyl (C=O) groups excluding carboxylic acids is 1. The predicted molar refractivity (Wildman–Crippen MR) is 86.0 cm³/mol. The summed E-state index contributed by atoms with van der Waals surface area (Å²) in [5.74, 6) is 3.04. The highest BCUT2D eigenvalue weighted by Gasteiger charge is 2.38. The lowest BCUT2D eigenvalue weighted by Gasteiger charge is -2.41. The van der Waals surface area contributed by atoms with Crippen LogP contribution in [0.2, 0.25) is 0 Å². The third-order valence-corrected chi connectivity index (χ3v) is 5.68. The van der Waals surface area contributed by atoms with Gasteiger partial charge in [-0.1, -0.05) is 26.7 Å². The van der Waals surface area contributed by atoms with Gasteiger partial charge in [0, 0.05) is 31.1 Å². The average Bonchev–Trinajstić information content (AvgIpc) is 3.31. The minimum Gasteiger partial charge on any atom is -0.352 e. The number of hydrogen-bond donors (Lipinski definition) is 1. The van der Waals surface area contributed by atoms with Gasteiger partial charge in [-0.2, -0.15) is 0 Å². The van der Waals surface area contributed by atoms with Gasteiger partial charge in [0.2, 0.25) is 5.91 Å². The molecule has 120 valence electrons. The Morgan fingerprint density at radius 3 is 2.38 bits per heavy atom. The number of likely N-dealkylation sites (tertiary alicyclic amines) is 1. The van der Waals surface area contributed by atoms with Crippen LogP contribution in [0, 0.1) is 23.7 Å². The van der Waals surface area contributed by atoms with Crippen LogP contribution in [-0.2, 0) is 4.79 Å². The highest BCUT2D eigenvalue weighted by Crippen LogP contribution is 2.40. The van der Waals surface area contributed by atoms with Gasteiger partial charge in [0.15, 0.2) is 0 Å². The summed E-state index contributed by atoms with van der Waals surface area (Å²) in [5.41, 5.74) is 0. The fourth-order valence-corrected chi connectivity index (χ4v) is 3.92. The van der Waals surface area contributed by atoms with Crippen molar-refractivity contribution in [2.75, 3.05) is 13.1 Å². The molecule has 3 heteroatoms. The molecule has 1 N–H and O–H groups in total. The van der Waals surface area contributed by atoms with Gasteiger partial charge in [0.05, 0.1) is 0 Å². The maximum absolute atomic E-state index is 12.0. The van der Waals surface area contributed by atoms with Crippen LogP contribution in [0.25, 0.3) is 0 Å². The molecule has 1 saturated heterocycles. The first-order valence-electron chi connectivity index (χ1n) is 9.07. The Kier molecular flexibility index (Phi) is 4.58. The summed E-state index contributed by atoms with van der Waals surface area (Å²) >= 11 is 0. The summed E-state index contributed by atoms with van der Waals surface area (Å²) < 4.78 is 0. The molecule has 1 amide bonds. The number of rotatable bonds is 6. The lowest BCUT2D eigenvalue weighted by atomic mass is 9.88. The van der Waals surface area contributed by atoms with Crippen molar-refractivity contribution in [1.82, 2.24) is 10.2 Å². The minimum absolute atomic E-state index is 0.100. The SMILES string of the molecule is CC(C)C(=O)NC1CC(CC2CC2)CN(C(C)C2CC2)C1. The molecule has 1 aliphatic heterocycles. The Morgan fingerprint density at radius 2 is 1.81 bits per heavy atom. The van der Waals surface area contributed by atoms with Crippen molar-refractivity contribution in [3.8, 4) is 0 Å². The Balaban J connectivity index is 1.59. The zero-order chi connectivity index (χ0) is 15.0. The molecule has 2 saturated carbocycles. The van der Waals surface area contributed by atoms with Gasteiger partial charge in [0.1, 0.15) is 0 Å². The fraction of sp³-hybridized carbons (Fsp3) is 0.944. The first-order valence-corrected chi connectivity index (χ1v) is 9.07. The topological polar surface area (TPSA) is 32.3 Å². The normalized spacial score (nSPS) is 32.2. The van der Waals surface area contributed by atoms with Crippen LogP contribution in [0.1, 0.15) is 59.3 Å². The van der Waals surface area contributed by atoms with Crippen molar-refractivity contribution in [1.29, 1.82) is 0 Å². The molecule has 0 aromatic heterocycles. The van der Waals surface area contributed by atoms with Gasteiger partial charge in [-0.3, -0.25) is 9.69 Å². The molecule has 21 heavy (non-hydrogen) atoms. The second-order valence-electron chi connectivity index (χ2n) is 8.17. The second kappa shape index (κ2) is 6.28. The molecule has 0 radical (unpaired) electrons. The smallest absolute Gasteiger partial charge is 0.222 e. The van der Waals surface area contributed by atoms with E-state index >= 15 is 0 Å². The maximum Gasteiger partial charge on any atom is 0.222 e. The quantitative estimate of drug-likeness (QED) is 0.816. The van der Waals surface area contributed by atoms with Gasteiger partial charge in [-0.05, 0) is 50.4 Å². The summed E-state index contributed by atoms with van der Waals surface area (Å²) in [6.45, 7) is 8.72. The van der Waals surface area contributed by atoms with Crippen LogP contribution in [0.3, 0.4) is 0 Å². The van der Waals surface area contributed by atoms with E-state index in [0.717, 1.165) is 24.3 Å². The van der Waals surface area contributed by atoms with E-state index in [-0.39, 0.29) is 11.8 Å². The van der Waals surface area contributed by atoms with Gasteiger partial charge >= 0.3 is 0 Å². The second-order valence-corrected chi connectivity index (χ2v) is 8.17. The van der Waals surface area contributed by atoms with Crippen molar-refractivity contribution < 1.29 is 4.79 Å². The fourth-order valence-electron chi connectivity index (χ4n) is 3.92. The number of nitrogens with zero attached hydrogens (tertiary/aromatic N) is 1. The van der Waals surface area contributed by atoms with Crippen LogP contribution in [-0.4, -0.2) is 36.0 Å². The third-order valence-electron chi connectivity index (χ3n) is 5.68. The van der Waals surface area contributed by atoms with Crippen LogP contribution in [0.5, 0.6) is 0 Å². The lowest BCUT2D eigenvalue weighted by molar-refractivity contribution is -0.125. The summed E-state index contributed by atoms with van der Waals surface area (Å²) in [5, 5.41) is 3.31. The molecule has 3 rings (SSSR count). The number of piperidine rings is 1. The Morgan fingerprint density at radius 1 is 1.10 bits per heavy atom. The van der Waals surface area contributed by atoms with Crippen LogP contribution in [0.15, 0.2) is 0 Å². The molecule has 2 aliphatic carbocycles. The molecule has 0 spiro atoms. The van der Waals surface area contributed by atoms with E-state index < -0.39 is 0 Å². The first-order chi connectivity index (χ1) is 10.0. The van der Waals surface area contributed by atoms with E-state index in [2.05, 4.69) is 17.1 Å². The van der Waals surface area contributed by atoms with Crippen LogP contribution in [0.4, 0.5) is 0 Å². The van der Waals surface area contributed by atoms with Crippen molar-refractivity contribution in [3.63, 3.8) is 0 Å². The van der Waals surface area contributed by atoms with Crippen molar-refractivity contribution in [2.45, 2.75) is 71.4 Å². The molecule has 0 bridgehead atoms. The molecule has 3 fully saturated rings. The standard InChI is InChI=1S/C18H32N2O/c1-12(2)18(21)19-17-9-15(8-14-4-5-14)10-20(11-17)13(3)16-6-7-16/h12-17H,4-11H2,1-3H3,(H,19,21). The van der Waals surface area contributed by atoms with Crippen LogP contribution >= 0.6 is 0 Å². The van der Waals surface area contributed by atoms with Crippen molar-refractivity contribution >= 4 is 5.91 Å². The van der Waals surface area contributed by atoms with Gasteiger partial charge in [-0.25, -0.2) is 0 Å². The maximum atomic E-state index is 12.0. The van der Waals surface area contributed by atoms with E-state index in [1.807, 2.05) is 13.8 Å². The molecule has 3 aliphatic rings. The monoisotopic (exact) mass is 292 g/mol. The summed E-state index contributed by atoms with van der Waals surface area (Å²) in [7, 11) is 0. The molecule has 1 heterocycles. The van der Waals surface area contributed by atoms with E-state index in [1.54, 1.807) is 0 Å². The Bertz CT molecular complexity index is 373. The molecule has 3 nitrogen and oxygen atoms in total. The lowest BCUT2D eigenvalue weighted by Crippen LogP contribution is -2.54. The number of nitrogens with one attached hydrogen (secondary N) is 1. The van der Waals surface area contributed by atoms with Crippen molar-refractivity contribution in [2.24, 2.45) is 23.7 Å². The molecule has 0 aromatic rings. The zero-order valence-corrected chi connectivity index (χ0v) is 14.0. The average molecular weight is 292 g/mol. The van der Waals surface area contributed by atoms with E-state index in [4.69, 9.17) is 0 Å². The van der Waals surface area contributed by atoms with Gasteiger partial charge in [0.25, 0.3) is 0 Å². The molecule has 0 aromatic carbocycles. The number of carbonyl (C=O) groups is 1. The highest BCUT2D eigenvalue weighted by molar-refractivity contribution is 5.78. The zero-order valence-electron chi connectivity index (χ0n) is 14.0. The van der Waals surface area contributed by atoms with E-state index in [0.29, 0.717) is 12.1 Å². The predicted octanol–water partition coefficient (Wildman–Crippen LogP) is 3.05. The molecular formula is C18H32N2O. The summed E-state index contributed by atoms with van der Waals surface area (Å²) in [6, 6.07) is 1.09. The first kappa shape index (κ1) is 15.3. The van der Waals surface area contributed by atoms with Crippen LogP contribution < -0.4 is 5.32 Å². The Hall–Kier alpha value is -0.570. The molecular weight excluding hydrogens is 260 g/mol. The minimum atomic E-state index is 0.100. The number of hydrogen-bond acceptors (Lipinski definition) is 2. The molecule has 3 unspecified atom stereocenters. The van der Waals surface area contributed by atoms with E-state index in [1.165, 1.54) is 45.1 Å².